The van der Waals surface area contributed by atoms with E-state index in [2.05, 4.69) is 0 Å². The molecule has 1 rings (SSSR count). The van der Waals surface area contributed by atoms with Gasteiger partial charge >= 0.3 is 5.97 Å². The number of sulfonamides is 1. The number of benzene rings is 1. The zero-order valence-electron chi connectivity index (χ0n) is 9.59. The zero-order chi connectivity index (χ0) is 14.5. The third-order valence-electron chi connectivity index (χ3n) is 1.97. The molecule has 3 N–H and O–H groups in total. The van der Waals surface area contributed by atoms with Gasteiger partial charge < -0.3 is 10.4 Å². The molecular weight excluding hydrogens is 296 g/mol. The van der Waals surface area contributed by atoms with E-state index in [-0.39, 0.29) is 9.92 Å². The van der Waals surface area contributed by atoms with Crippen molar-refractivity contribution in [3.8, 4) is 0 Å². The van der Waals surface area contributed by atoms with E-state index >= 15 is 0 Å². The lowest BCUT2D eigenvalue weighted by molar-refractivity contribution is -0.137. The van der Waals surface area contributed by atoms with E-state index in [4.69, 9.17) is 16.7 Å². The van der Waals surface area contributed by atoms with Gasteiger partial charge in [0.05, 0.1) is 11.4 Å². The van der Waals surface area contributed by atoms with Crippen molar-refractivity contribution in [1.29, 1.82) is 0 Å². The van der Waals surface area contributed by atoms with Crippen LogP contribution in [0.1, 0.15) is 0 Å². The molecule has 0 atom stereocenters. The van der Waals surface area contributed by atoms with E-state index < -0.39 is 35.0 Å². The van der Waals surface area contributed by atoms with Crippen molar-refractivity contribution in [2.24, 2.45) is 0 Å². The summed E-state index contributed by atoms with van der Waals surface area (Å²) in [6, 6.07) is 5.53. The van der Waals surface area contributed by atoms with Crippen LogP contribution in [0.4, 0.5) is 0 Å². The van der Waals surface area contributed by atoms with Gasteiger partial charge in [-0.25, -0.2) is 13.1 Å². The fraction of sp³-hybridized carbons (Fsp3) is 0.200. The standard InChI is InChI=1S/C10H11ClN2O5S/c11-7-2-1-3-8(4-7)19(17,18)13-5-9(14)12-6-10(15)16/h1-4,13H,5-6H2,(H,12,14)(H,15,16). The first-order valence-electron chi connectivity index (χ1n) is 5.05. The molecule has 0 unspecified atom stereocenters. The van der Waals surface area contributed by atoms with Gasteiger partial charge in [0.2, 0.25) is 15.9 Å². The molecule has 0 saturated heterocycles. The van der Waals surface area contributed by atoms with E-state index in [0.717, 1.165) is 0 Å². The van der Waals surface area contributed by atoms with Crippen LogP contribution in [0.5, 0.6) is 0 Å². The average molecular weight is 307 g/mol. The average Bonchev–Trinajstić information content (AvgIpc) is 2.34. The Kier molecular flexibility index (Phi) is 5.28. The van der Waals surface area contributed by atoms with Crippen molar-refractivity contribution in [3.05, 3.63) is 29.3 Å². The van der Waals surface area contributed by atoms with Crippen molar-refractivity contribution >= 4 is 33.5 Å². The molecule has 1 amide bonds. The quantitative estimate of drug-likeness (QED) is 0.675. The lowest BCUT2D eigenvalue weighted by Gasteiger charge is -2.07. The maximum atomic E-state index is 11.8. The lowest BCUT2D eigenvalue weighted by Crippen LogP contribution is -2.38. The second-order valence-electron chi connectivity index (χ2n) is 3.45. The normalized spacial score (nSPS) is 11.0. The van der Waals surface area contributed by atoms with Crippen molar-refractivity contribution in [3.63, 3.8) is 0 Å². The SMILES string of the molecule is O=C(O)CNC(=O)CNS(=O)(=O)c1cccc(Cl)c1. The van der Waals surface area contributed by atoms with Gasteiger partial charge in [-0.15, -0.1) is 0 Å². The second-order valence-corrected chi connectivity index (χ2v) is 5.66. The number of carbonyl (C=O) groups is 2. The van der Waals surface area contributed by atoms with Crippen LogP contribution in [0.3, 0.4) is 0 Å². The summed E-state index contributed by atoms with van der Waals surface area (Å²) in [5.41, 5.74) is 0. The Bertz CT molecular complexity index is 587. The molecule has 0 aromatic heterocycles. The van der Waals surface area contributed by atoms with E-state index in [9.17, 15) is 18.0 Å². The predicted molar refractivity (Wildman–Crippen MR) is 67.3 cm³/mol. The summed E-state index contributed by atoms with van der Waals surface area (Å²) in [5, 5.41) is 10.6. The number of aliphatic carboxylic acids is 1. The smallest absolute Gasteiger partial charge is 0.322 e. The number of amides is 1. The van der Waals surface area contributed by atoms with Gasteiger partial charge in [0.1, 0.15) is 6.54 Å². The third kappa shape index (κ3) is 5.25. The molecule has 0 heterocycles. The van der Waals surface area contributed by atoms with Crippen LogP contribution in [0.25, 0.3) is 0 Å². The summed E-state index contributed by atoms with van der Waals surface area (Å²) in [4.78, 5) is 21.3. The maximum Gasteiger partial charge on any atom is 0.322 e. The number of carboxylic acid groups (broad SMARTS) is 1. The van der Waals surface area contributed by atoms with E-state index in [1.54, 1.807) is 0 Å². The van der Waals surface area contributed by atoms with Gasteiger partial charge in [-0.2, -0.15) is 0 Å². The van der Waals surface area contributed by atoms with Crippen LogP contribution in [0.15, 0.2) is 29.2 Å². The molecule has 9 heteroatoms. The van der Waals surface area contributed by atoms with Crippen LogP contribution < -0.4 is 10.0 Å². The number of carboxylic acids is 1. The summed E-state index contributed by atoms with van der Waals surface area (Å²) >= 11 is 5.66. The fourth-order valence-electron chi connectivity index (χ4n) is 1.11. The predicted octanol–water partition coefficient (Wildman–Crippen LogP) is -0.181. The molecular formula is C10H11ClN2O5S. The van der Waals surface area contributed by atoms with Crippen LogP contribution in [0.2, 0.25) is 5.02 Å². The third-order valence-corrected chi connectivity index (χ3v) is 3.60. The van der Waals surface area contributed by atoms with Gasteiger partial charge in [-0.3, -0.25) is 9.59 Å². The minimum Gasteiger partial charge on any atom is -0.480 e. The van der Waals surface area contributed by atoms with Crippen molar-refractivity contribution < 1.29 is 23.1 Å². The highest BCUT2D eigenvalue weighted by Crippen LogP contribution is 2.14. The van der Waals surface area contributed by atoms with Crippen molar-refractivity contribution in [2.75, 3.05) is 13.1 Å². The Morgan fingerprint density at radius 1 is 1.26 bits per heavy atom. The Morgan fingerprint density at radius 3 is 2.53 bits per heavy atom. The molecule has 1 aromatic rings. The highest BCUT2D eigenvalue weighted by atomic mass is 35.5. The summed E-state index contributed by atoms with van der Waals surface area (Å²) in [6.07, 6.45) is 0. The highest BCUT2D eigenvalue weighted by Gasteiger charge is 2.15. The monoisotopic (exact) mass is 306 g/mol. The molecule has 7 nitrogen and oxygen atoms in total. The summed E-state index contributed by atoms with van der Waals surface area (Å²) in [5.74, 6) is -1.96. The second kappa shape index (κ2) is 6.50. The van der Waals surface area contributed by atoms with E-state index in [1.165, 1.54) is 24.3 Å². The molecule has 0 aliphatic carbocycles. The molecule has 0 bridgehead atoms. The van der Waals surface area contributed by atoms with E-state index in [1.807, 2.05) is 10.0 Å². The minimum atomic E-state index is -3.86. The highest BCUT2D eigenvalue weighted by molar-refractivity contribution is 7.89. The topological polar surface area (TPSA) is 113 Å². The Morgan fingerprint density at radius 2 is 1.95 bits per heavy atom. The Balaban J connectivity index is 2.61. The Hall–Kier alpha value is -1.64. The van der Waals surface area contributed by atoms with Crippen LogP contribution in [-0.4, -0.2) is 38.5 Å². The van der Waals surface area contributed by atoms with Crippen molar-refractivity contribution in [1.82, 2.24) is 10.0 Å². The molecule has 0 radical (unpaired) electrons. The van der Waals surface area contributed by atoms with Crippen LogP contribution in [0, 0.1) is 0 Å². The first kappa shape index (κ1) is 15.4. The van der Waals surface area contributed by atoms with Gasteiger partial charge in [0.15, 0.2) is 0 Å². The van der Waals surface area contributed by atoms with Gasteiger partial charge in [0, 0.05) is 5.02 Å². The summed E-state index contributed by atoms with van der Waals surface area (Å²) < 4.78 is 25.6. The van der Waals surface area contributed by atoms with Crippen LogP contribution >= 0.6 is 11.6 Å². The largest absolute Gasteiger partial charge is 0.480 e. The zero-order valence-corrected chi connectivity index (χ0v) is 11.2. The van der Waals surface area contributed by atoms with Gasteiger partial charge in [0.25, 0.3) is 0 Å². The molecule has 0 aliphatic rings. The number of halogens is 1. The molecule has 0 spiro atoms. The molecule has 0 saturated carbocycles. The molecule has 0 fully saturated rings. The summed E-state index contributed by atoms with van der Waals surface area (Å²) in [6.45, 7) is -1.13. The van der Waals surface area contributed by atoms with Gasteiger partial charge in [-0.1, -0.05) is 17.7 Å². The minimum absolute atomic E-state index is 0.0777. The number of carbonyl (C=O) groups excluding carboxylic acids is 1. The number of hydrogen-bond acceptors (Lipinski definition) is 4. The maximum absolute atomic E-state index is 11.8. The number of rotatable bonds is 6. The Labute approximate surface area is 114 Å². The molecule has 1 aromatic carbocycles. The first-order chi connectivity index (χ1) is 8.81. The number of hydrogen-bond donors (Lipinski definition) is 3. The van der Waals surface area contributed by atoms with Crippen molar-refractivity contribution in [2.45, 2.75) is 4.90 Å². The summed E-state index contributed by atoms with van der Waals surface area (Å²) in [7, 11) is -3.86. The van der Waals surface area contributed by atoms with Crippen LogP contribution in [-0.2, 0) is 19.6 Å². The first-order valence-corrected chi connectivity index (χ1v) is 6.91. The van der Waals surface area contributed by atoms with Gasteiger partial charge in [-0.05, 0) is 18.2 Å². The fourth-order valence-corrected chi connectivity index (χ4v) is 2.40. The molecule has 0 aliphatic heterocycles. The number of nitrogens with one attached hydrogen (secondary N) is 2. The van der Waals surface area contributed by atoms with E-state index in [0.29, 0.717) is 0 Å². The molecule has 19 heavy (non-hydrogen) atoms. The lowest BCUT2D eigenvalue weighted by atomic mass is 10.4. The molecule has 104 valence electrons.